The van der Waals surface area contributed by atoms with Crippen LogP contribution in [0, 0.1) is 0 Å². The van der Waals surface area contributed by atoms with E-state index in [1.807, 2.05) is 0 Å². The second kappa shape index (κ2) is 5.10. The summed E-state index contributed by atoms with van der Waals surface area (Å²) in [5.74, 6) is 0. The first kappa shape index (κ1) is 14.1. The van der Waals surface area contributed by atoms with Crippen LogP contribution >= 0.6 is 23.8 Å². The van der Waals surface area contributed by atoms with E-state index in [4.69, 9.17) is 29.6 Å². The lowest BCUT2D eigenvalue weighted by Gasteiger charge is -2.23. The molecule has 0 aromatic heterocycles. The van der Waals surface area contributed by atoms with Crippen molar-refractivity contribution in [1.82, 2.24) is 0 Å². The van der Waals surface area contributed by atoms with Crippen LogP contribution in [0.1, 0.15) is 5.56 Å². The molecular formula is C10H10ClF3N2S. The molecule has 0 aliphatic carbocycles. The largest absolute Gasteiger partial charge is 0.405 e. The summed E-state index contributed by atoms with van der Waals surface area (Å²) in [6.07, 6.45) is -4.30. The molecule has 0 fully saturated rings. The van der Waals surface area contributed by atoms with E-state index in [9.17, 15) is 13.2 Å². The second-order valence-electron chi connectivity index (χ2n) is 3.47. The predicted octanol–water partition coefficient (Wildman–Crippen LogP) is 2.97. The Labute approximate surface area is 107 Å². The Morgan fingerprint density at radius 2 is 2.06 bits per heavy atom. The van der Waals surface area contributed by atoms with Crippen LogP contribution in [0.15, 0.2) is 18.2 Å². The molecule has 1 rings (SSSR count). The molecule has 0 aliphatic heterocycles. The van der Waals surface area contributed by atoms with E-state index in [0.717, 1.165) is 4.90 Å². The standard InChI is InChI=1S/C10H10ClF3N2S/c1-16(5-10(12,13)14)7-4-2-3-6(11)8(7)9(15)17/h2-4H,5H2,1H3,(H2,15,17). The van der Waals surface area contributed by atoms with Crippen LogP contribution in [0.25, 0.3) is 0 Å². The summed E-state index contributed by atoms with van der Waals surface area (Å²) in [6.45, 7) is -1.09. The number of halogens is 4. The molecule has 0 spiro atoms. The Balaban J connectivity index is 3.13. The van der Waals surface area contributed by atoms with Crippen molar-refractivity contribution < 1.29 is 13.2 Å². The molecule has 0 bridgehead atoms. The highest BCUT2D eigenvalue weighted by Crippen LogP contribution is 2.28. The van der Waals surface area contributed by atoms with Gasteiger partial charge in [0.25, 0.3) is 0 Å². The van der Waals surface area contributed by atoms with Gasteiger partial charge in [-0.1, -0.05) is 29.9 Å². The number of anilines is 1. The molecule has 2 N–H and O–H groups in total. The van der Waals surface area contributed by atoms with E-state index in [1.54, 1.807) is 6.07 Å². The van der Waals surface area contributed by atoms with Crippen molar-refractivity contribution in [1.29, 1.82) is 0 Å². The third-order valence-electron chi connectivity index (χ3n) is 2.07. The van der Waals surface area contributed by atoms with Crippen LogP contribution in [0.5, 0.6) is 0 Å². The lowest BCUT2D eigenvalue weighted by atomic mass is 10.1. The average molecular weight is 283 g/mol. The fourth-order valence-electron chi connectivity index (χ4n) is 1.43. The number of hydrogen-bond acceptors (Lipinski definition) is 2. The molecule has 7 heteroatoms. The first-order valence-corrected chi connectivity index (χ1v) is 5.37. The van der Waals surface area contributed by atoms with Crippen molar-refractivity contribution >= 4 is 34.5 Å². The number of nitrogens with two attached hydrogens (primary N) is 1. The summed E-state index contributed by atoms with van der Waals surface area (Å²) in [4.78, 5) is 0.986. The van der Waals surface area contributed by atoms with Gasteiger partial charge >= 0.3 is 6.18 Å². The van der Waals surface area contributed by atoms with Gasteiger partial charge in [-0.3, -0.25) is 0 Å². The molecule has 94 valence electrons. The highest BCUT2D eigenvalue weighted by Gasteiger charge is 2.30. The molecule has 0 saturated carbocycles. The van der Waals surface area contributed by atoms with Crippen LogP contribution in [0.4, 0.5) is 18.9 Å². The highest BCUT2D eigenvalue weighted by atomic mass is 35.5. The van der Waals surface area contributed by atoms with Gasteiger partial charge in [0.2, 0.25) is 0 Å². The van der Waals surface area contributed by atoms with E-state index >= 15 is 0 Å². The maximum atomic E-state index is 12.3. The van der Waals surface area contributed by atoms with Crippen LogP contribution in [-0.4, -0.2) is 24.8 Å². The molecule has 0 radical (unpaired) electrons. The molecule has 0 unspecified atom stereocenters. The van der Waals surface area contributed by atoms with Crippen LogP contribution < -0.4 is 10.6 Å². The predicted molar refractivity (Wildman–Crippen MR) is 66.7 cm³/mol. The minimum atomic E-state index is -4.30. The monoisotopic (exact) mass is 282 g/mol. The quantitative estimate of drug-likeness (QED) is 0.864. The first-order chi connectivity index (χ1) is 7.72. The van der Waals surface area contributed by atoms with Crippen LogP contribution in [-0.2, 0) is 0 Å². The number of thiocarbonyl (C=S) groups is 1. The minimum absolute atomic E-state index is 0.0281. The lowest BCUT2D eigenvalue weighted by molar-refractivity contribution is -0.119. The van der Waals surface area contributed by atoms with Gasteiger partial charge in [-0.25, -0.2) is 0 Å². The van der Waals surface area contributed by atoms with Crippen molar-refractivity contribution in [2.24, 2.45) is 5.73 Å². The SMILES string of the molecule is CN(CC(F)(F)F)c1cccc(Cl)c1C(N)=S. The second-order valence-corrected chi connectivity index (χ2v) is 4.32. The number of hydrogen-bond donors (Lipinski definition) is 1. The smallest absolute Gasteiger partial charge is 0.389 e. The molecule has 0 atom stereocenters. The highest BCUT2D eigenvalue weighted by molar-refractivity contribution is 7.80. The number of nitrogens with zero attached hydrogens (tertiary/aromatic N) is 1. The Hall–Kier alpha value is -1.01. The summed E-state index contributed by atoms with van der Waals surface area (Å²) >= 11 is 10.6. The van der Waals surface area contributed by atoms with Crippen LogP contribution in [0.3, 0.4) is 0 Å². The average Bonchev–Trinajstić information content (AvgIpc) is 2.13. The molecule has 1 aromatic carbocycles. The normalized spacial score (nSPS) is 11.4. The fraction of sp³-hybridized carbons (Fsp3) is 0.300. The molecule has 2 nitrogen and oxygen atoms in total. The van der Waals surface area contributed by atoms with Gasteiger partial charge in [0.05, 0.1) is 10.6 Å². The Morgan fingerprint density at radius 3 is 2.53 bits per heavy atom. The van der Waals surface area contributed by atoms with Crippen molar-refractivity contribution in [2.45, 2.75) is 6.18 Å². The van der Waals surface area contributed by atoms with Gasteiger partial charge in [0.15, 0.2) is 0 Å². The molecule has 0 heterocycles. The Kier molecular flexibility index (Phi) is 4.21. The van der Waals surface area contributed by atoms with Gasteiger partial charge in [-0.2, -0.15) is 13.2 Å². The number of alkyl halides is 3. The van der Waals surface area contributed by atoms with Crippen molar-refractivity contribution in [3.63, 3.8) is 0 Å². The molecule has 0 aliphatic rings. The summed E-state index contributed by atoms with van der Waals surface area (Å²) in [7, 11) is 1.31. The Morgan fingerprint density at radius 1 is 1.47 bits per heavy atom. The van der Waals surface area contributed by atoms with Gasteiger partial charge < -0.3 is 10.6 Å². The molecular weight excluding hydrogens is 273 g/mol. The first-order valence-electron chi connectivity index (χ1n) is 4.58. The summed E-state index contributed by atoms with van der Waals surface area (Å²) in [5.41, 5.74) is 5.98. The van der Waals surface area contributed by atoms with E-state index in [1.165, 1.54) is 19.2 Å². The maximum Gasteiger partial charge on any atom is 0.405 e. The zero-order valence-electron chi connectivity index (χ0n) is 8.88. The van der Waals surface area contributed by atoms with Gasteiger partial charge in [-0.15, -0.1) is 0 Å². The van der Waals surface area contributed by atoms with Gasteiger partial charge in [0, 0.05) is 12.7 Å². The molecule has 17 heavy (non-hydrogen) atoms. The van der Waals surface area contributed by atoms with Gasteiger partial charge in [0.1, 0.15) is 11.5 Å². The molecule has 0 amide bonds. The maximum absolute atomic E-state index is 12.3. The topological polar surface area (TPSA) is 29.3 Å². The number of rotatable bonds is 3. The third-order valence-corrected chi connectivity index (χ3v) is 2.58. The zero-order valence-corrected chi connectivity index (χ0v) is 10.5. The van der Waals surface area contributed by atoms with Gasteiger partial charge in [-0.05, 0) is 12.1 Å². The summed E-state index contributed by atoms with van der Waals surface area (Å²) in [5, 5.41) is 0.240. The zero-order chi connectivity index (χ0) is 13.2. The minimum Gasteiger partial charge on any atom is -0.389 e. The fourth-order valence-corrected chi connectivity index (χ4v) is 1.97. The van der Waals surface area contributed by atoms with E-state index in [2.05, 4.69) is 0 Å². The van der Waals surface area contributed by atoms with E-state index in [0.29, 0.717) is 0 Å². The Bertz CT molecular complexity index is 434. The van der Waals surface area contributed by atoms with Crippen LogP contribution in [0.2, 0.25) is 5.02 Å². The van der Waals surface area contributed by atoms with E-state index < -0.39 is 12.7 Å². The van der Waals surface area contributed by atoms with E-state index in [-0.39, 0.29) is 21.3 Å². The van der Waals surface area contributed by atoms with Crippen molar-refractivity contribution in [3.8, 4) is 0 Å². The number of benzene rings is 1. The summed E-state index contributed by atoms with van der Waals surface area (Å²) < 4.78 is 36.9. The van der Waals surface area contributed by atoms with Crippen molar-refractivity contribution in [3.05, 3.63) is 28.8 Å². The molecule has 1 aromatic rings. The molecule has 0 saturated heterocycles. The lowest BCUT2D eigenvalue weighted by Crippen LogP contribution is -2.32. The van der Waals surface area contributed by atoms with Crippen molar-refractivity contribution in [2.75, 3.05) is 18.5 Å². The summed E-state index contributed by atoms with van der Waals surface area (Å²) in [6, 6.07) is 4.57. The third kappa shape index (κ3) is 3.74.